The van der Waals surface area contributed by atoms with E-state index in [1.54, 1.807) is 25.1 Å². The largest absolute Gasteiger partial charge is 0.495 e. The summed E-state index contributed by atoms with van der Waals surface area (Å²) in [6.45, 7) is 4.31. The second-order valence-electron chi connectivity index (χ2n) is 6.44. The smallest absolute Gasteiger partial charge is 0.246 e. The fraction of sp³-hybridized carbons (Fsp3) is 0.444. The van der Waals surface area contributed by atoms with Gasteiger partial charge in [-0.25, -0.2) is 13.4 Å². The number of sulfonamides is 1. The monoisotopic (exact) mass is 411 g/mol. The maximum Gasteiger partial charge on any atom is 0.246 e. The molecule has 0 aliphatic carbocycles. The number of hydrogen-bond donors (Lipinski definition) is 0. The van der Waals surface area contributed by atoms with E-state index in [2.05, 4.69) is 9.97 Å². The number of piperidine rings is 1. The van der Waals surface area contributed by atoms with Crippen molar-refractivity contribution in [3.63, 3.8) is 0 Å². The molecule has 1 fully saturated rings. The molecular weight excluding hydrogens is 390 g/mol. The first-order valence-corrected chi connectivity index (χ1v) is 10.4. The van der Waals surface area contributed by atoms with E-state index in [4.69, 9.17) is 21.1 Å². The molecule has 1 saturated heterocycles. The number of benzene rings is 1. The molecule has 0 bridgehead atoms. The molecule has 1 unspecified atom stereocenters. The standard InChI is InChI=1S/C18H22ClN3O4S/c1-12-9-18(21-13(2)20-12)26-15-5-4-8-22(11-15)27(23,24)17-10-14(19)6-7-16(17)25-3/h6-7,9-10,15H,4-5,8,11H2,1-3H3. The van der Waals surface area contributed by atoms with Crippen LogP contribution in [0.25, 0.3) is 0 Å². The zero-order valence-electron chi connectivity index (χ0n) is 15.5. The van der Waals surface area contributed by atoms with Gasteiger partial charge in [0.1, 0.15) is 22.6 Å². The highest BCUT2D eigenvalue weighted by Gasteiger charge is 2.33. The van der Waals surface area contributed by atoms with Crippen molar-refractivity contribution in [3.8, 4) is 11.6 Å². The SMILES string of the molecule is COc1ccc(Cl)cc1S(=O)(=O)N1CCCC(Oc2cc(C)nc(C)n2)C1. The molecule has 146 valence electrons. The molecule has 0 N–H and O–H groups in total. The molecule has 7 nitrogen and oxygen atoms in total. The lowest BCUT2D eigenvalue weighted by molar-refractivity contribution is 0.124. The fourth-order valence-corrected chi connectivity index (χ4v) is 5.05. The Kier molecular flexibility index (Phi) is 5.88. The molecule has 1 atom stereocenters. The lowest BCUT2D eigenvalue weighted by atomic mass is 10.1. The molecule has 9 heteroatoms. The molecule has 1 aromatic heterocycles. The van der Waals surface area contributed by atoms with E-state index in [1.165, 1.54) is 17.5 Å². The highest BCUT2D eigenvalue weighted by Crippen LogP contribution is 2.31. The van der Waals surface area contributed by atoms with Gasteiger partial charge < -0.3 is 9.47 Å². The van der Waals surface area contributed by atoms with Gasteiger partial charge in [-0.2, -0.15) is 9.29 Å². The Balaban J connectivity index is 1.82. The van der Waals surface area contributed by atoms with Crippen LogP contribution < -0.4 is 9.47 Å². The van der Waals surface area contributed by atoms with Gasteiger partial charge in [-0.1, -0.05) is 11.6 Å². The molecule has 0 amide bonds. The first-order chi connectivity index (χ1) is 12.8. The van der Waals surface area contributed by atoms with E-state index in [9.17, 15) is 8.42 Å². The third-order valence-corrected chi connectivity index (χ3v) is 6.44. The van der Waals surface area contributed by atoms with Crippen LogP contribution in [0.1, 0.15) is 24.4 Å². The Bertz CT molecular complexity index is 916. The van der Waals surface area contributed by atoms with Crippen molar-refractivity contribution in [3.05, 3.63) is 40.8 Å². The van der Waals surface area contributed by atoms with Crippen molar-refractivity contribution in [1.82, 2.24) is 14.3 Å². The molecule has 2 aromatic rings. The molecular formula is C18H22ClN3O4S. The minimum absolute atomic E-state index is 0.0619. The number of aryl methyl sites for hydroxylation is 2. The number of nitrogens with zero attached hydrogens (tertiary/aromatic N) is 3. The number of rotatable bonds is 5. The summed E-state index contributed by atoms with van der Waals surface area (Å²) in [5, 5.41) is 0.339. The summed E-state index contributed by atoms with van der Waals surface area (Å²) in [7, 11) is -2.32. The van der Waals surface area contributed by atoms with E-state index in [0.29, 0.717) is 29.7 Å². The molecule has 0 spiro atoms. The minimum Gasteiger partial charge on any atom is -0.495 e. The van der Waals surface area contributed by atoms with Crippen LogP contribution in [0.3, 0.4) is 0 Å². The van der Waals surface area contributed by atoms with Gasteiger partial charge in [0.05, 0.1) is 13.7 Å². The molecule has 1 aliphatic rings. The molecule has 1 aliphatic heterocycles. The molecule has 1 aromatic carbocycles. The summed E-state index contributed by atoms with van der Waals surface area (Å²) in [6.07, 6.45) is 1.16. The van der Waals surface area contributed by atoms with Crippen LogP contribution in [0.5, 0.6) is 11.6 Å². The minimum atomic E-state index is -3.76. The predicted octanol–water partition coefficient (Wildman–Crippen LogP) is 2.99. The summed E-state index contributed by atoms with van der Waals surface area (Å²) in [5.41, 5.74) is 0.807. The first-order valence-electron chi connectivity index (χ1n) is 8.62. The van der Waals surface area contributed by atoms with Crippen LogP contribution in [0, 0.1) is 13.8 Å². The second-order valence-corrected chi connectivity index (χ2v) is 8.78. The third-order valence-electron chi connectivity index (χ3n) is 4.31. The van der Waals surface area contributed by atoms with Crippen LogP contribution >= 0.6 is 11.6 Å². The van der Waals surface area contributed by atoms with Gasteiger partial charge in [-0.3, -0.25) is 0 Å². The van der Waals surface area contributed by atoms with Gasteiger partial charge >= 0.3 is 0 Å². The molecule has 0 radical (unpaired) electrons. The number of aromatic nitrogens is 2. The maximum absolute atomic E-state index is 13.1. The topological polar surface area (TPSA) is 81.6 Å². The Morgan fingerprint density at radius 2 is 2.00 bits per heavy atom. The molecule has 0 saturated carbocycles. The van der Waals surface area contributed by atoms with Crippen molar-refractivity contribution in [2.24, 2.45) is 0 Å². The summed E-state index contributed by atoms with van der Waals surface area (Å²) in [6, 6.07) is 6.32. The van der Waals surface area contributed by atoms with E-state index in [0.717, 1.165) is 12.1 Å². The van der Waals surface area contributed by atoms with Gasteiger partial charge in [0.2, 0.25) is 15.9 Å². The van der Waals surface area contributed by atoms with E-state index < -0.39 is 10.0 Å². The summed E-state index contributed by atoms with van der Waals surface area (Å²) in [4.78, 5) is 8.56. The average molecular weight is 412 g/mol. The van der Waals surface area contributed by atoms with Crippen molar-refractivity contribution in [2.45, 2.75) is 37.7 Å². The van der Waals surface area contributed by atoms with Crippen LogP contribution in [0.4, 0.5) is 0 Å². The van der Waals surface area contributed by atoms with Crippen LogP contribution in [0.2, 0.25) is 5.02 Å². The van der Waals surface area contributed by atoms with Gasteiger partial charge in [-0.05, 0) is 44.9 Å². The Labute approximate surface area is 164 Å². The zero-order chi connectivity index (χ0) is 19.6. The Hall–Kier alpha value is -1.90. The Morgan fingerprint density at radius 1 is 1.22 bits per heavy atom. The third kappa shape index (κ3) is 4.51. The number of hydrogen-bond acceptors (Lipinski definition) is 6. The van der Waals surface area contributed by atoms with Gasteiger partial charge in [0.25, 0.3) is 0 Å². The number of ether oxygens (including phenoxy) is 2. The molecule has 27 heavy (non-hydrogen) atoms. The van der Waals surface area contributed by atoms with E-state index in [1.807, 2.05) is 6.92 Å². The maximum atomic E-state index is 13.1. The van der Waals surface area contributed by atoms with Crippen molar-refractivity contribution in [1.29, 1.82) is 0 Å². The summed E-state index contributed by atoms with van der Waals surface area (Å²) in [5.74, 6) is 1.35. The lowest BCUT2D eigenvalue weighted by Gasteiger charge is -2.32. The highest BCUT2D eigenvalue weighted by atomic mass is 35.5. The number of methoxy groups -OCH3 is 1. The highest BCUT2D eigenvalue weighted by molar-refractivity contribution is 7.89. The van der Waals surface area contributed by atoms with Crippen molar-refractivity contribution < 1.29 is 17.9 Å². The fourth-order valence-electron chi connectivity index (χ4n) is 3.12. The second kappa shape index (κ2) is 8.00. The normalized spacial score (nSPS) is 18.3. The zero-order valence-corrected chi connectivity index (χ0v) is 17.0. The molecule has 3 rings (SSSR count). The quantitative estimate of drug-likeness (QED) is 0.752. The van der Waals surface area contributed by atoms with E-state index in [-0.39, 0.29) is 23.3 Å². The summed E-state index contributed by atoms with van der Waals surface area (Å²) < 4.78 is 38.8. The lowest BCUT2D eigenvalue weighted by Crippen LogP contribution is -2.44. The van der Waals surface area contributed by atoms with E-state index >= 15 is 0 Å². The van der Waals surface area contributed by atoms with Crippen LogP contribution in [-0.4, -0.2) is 49.0 Å². The Morgan fingerprint density at radius 3 is 2.70 bits per heavy atom. The first kappa shape index (κ1) is 19.9. The summed E-state index contributed by atoms with van der Waals surface area (Å²) >= 11 is 6.01. The predicted molar refractivity (Wildman–Crippen MR) is 102 cm³/mol. The van der Waals surface area contributed by atoms with Crippen LogP contribution in [-0.2, 0) is 10.0 Å². The van der Waals surface area contributed by atoms with Crippen molar-refractivity contribution in [2.75, 3.05) is 20.2 Å². The average Bonchev–Trinajstić information content (AvgIpc) is 2.61. The van der Waals surface area contributed by atoms with Gasteiger partial charge in [-0.15, -0.1) is 0 Å². The molecule has 2 heterocycles. The number of halogens is 1. The van der Waals surface area contributed by atoms with Crippen molar-refractivity contribution >= 4 is 21.6 Å². The van der Waals surface area contributed by atoms with Gasteiger partial charge in [0, 0.05) is 23.3 Å². The van der Waals surface area contributed by atoms with Gasteiger partial charge in [0.15, 0.2) is 0 Å². The van der Waals surface area contributed by atoms with Crippen LogP contribution in [0.15, 0.2) is 29.2 Å².